The van der Waals surface area contributed by atoms with Crippen molar-refractivity contribution in [1.29, 1.82) is 0 Å². The zero-order chi connectivity index (χ0) is 17.9. The lowest BCUT2D eigenvalue weighted by molar-refractivity contribution is 0.0525. The number of ether oxygens (including phenoxy) is 2. The summed E-state index contributed by atoms with van der Waals surface area (Å²) in [6, 6.07) is 5.58. The Hall–Kier alpha value is -2.63. The fourth-order valence-corrected chi connectivity index (χ4v) is 2.51. The first-order valence-corrected chi connectivity index (χ1v) is 7.67. The van der Waals surface area contributed by atoms with Gasteiger partial charge in [-0.2, -0.15) is 0 Å². The van der Waals surface area contributed by atoms with E-state index in [4.69, 9.17) is 9.47 Å². The van der Waals surface area contributed by atoms with E-state index in [1.807, 2.05) is 0 Å². The Labute approximate surface area is 139 Å². The van der Waals surface area contributed by atoms with Gasteiger partial charge < -0.3 is 14.5 Å². The quantitative estimate of drug-likeness (QED) is 0.648. The van der Waals surface area contributed by atoms with Crippen LogP contribution in [-0.2, 0) is 4.74 Å². The summed E-state index contributed by atoms with van der Waals surface area (Å²) in [5, 5.41) is 0. The van der Waals surface area contributed by atoms with Crippen molar-refractivity contribution >= 4 is 11.8 Å². The van der Waals surface area contributed by atoms with Gasteiger partial charge in [0, 0.05) is 11.8 Å². The van der Waals surface area contributed by atoms with Crippen molar-refractivity contribution in [2.75, 3.05) is 6.61 Å². The van der Waals surface area contributed by atoms with Gasteiger partial charge in [0.25, 0.3) is 0 Å². The minimum atomic E-state index is -0.835. The number of hydrogen-bond acceptors (Lipinski definition) is 4. The molecular formula is C18H20FNO4. The van der Waals surface area contributed by atoms with E-state index in [9.17, 15) is 14.0 Å². The summed E-state index contributed by atoms with van der Waals surface area (Å²) in [5.41, 5.74) is 1.73. The molecule has 0 radical (unpaired) electrons. The standard InChI is InChI=1S/C18H20FNO4/c1-5-23-18(22)15-10(2)16(20-11(15)3)17(21)12(4)24-14-8-6-7-13(19)9-14/h6-9,12,20H,5H2,1-4H3/t12-/m0/s1. The van der Waals surface area contributed by atoms with Gasteiger partial charge in [0.05, 0.1) is 17.9 Å². The molecule has 1 aromatic carbocycles. The lowest BCUT2D eigenvalue weighted by Crippen LogP contribution is -2.25. The summed E-state index contributed by atoms with van der Waals surface area (Å²) in [7, 11) is 0. The maximum atomic E-state index is 13.2. The van der Waals surface area contributed by atoms with Gasteiger partial charge >= 0.3 is 5.97 Å². The zero-order valence-electron chi connectivity index (χ0n) is 14.1. The highest BCUT2D eigenvalue weighted by atomic mass is 19.1. The number of esters is 1. The number of nitrogens with one attached hydrogen (secondary N) is 1. The maximum absolute atomic E-state index is 13.2. The molecule has 6 heteroatoms. The van der Waals surface area contributed by atoms with Crippen LogP contribution in [0, 0.1) is 19.7 Å². The second-order valence-corrected chi connectivity index (χ2v) is 5.43. The Morgan fingerprint density at radius 2 is 2.00 bits per heavy atom. The van der Waals surface area contributed by atoms with Crippen LogP contribution in [0.1, 0.15) is 46.0 Å². The van der Waals surface area contributed by atoms with Crippen molar-refractivity contribution in [3.05, 3.63) is 52.6 Å². The third-order valence-electron chi connectivity index (χ3n) is 3.64. The molecule has 1 atom stereocenters. The molecule has 24 heavy (non-hydrogen) atoms. The molecule has 128 valence electrons. The molecule has 5 nitrogen and oxygen atoms in total. The van der Waals surface area contributed by atoms with E-state index in [0.717, 1.165) is 0 Å². The summed E-state index contributed by atoms with van der Waals surface area (Å²) >= 11 is 0. The van der Waals surface area contributed by atoms with E-state index in [2.05, 4.69) is 4.98 Å². The smallest absolute Gasteiger partial charge is 0.340 e. The molecule has 1 N–H and O–H groups in total. The lowest BCUT2D eigenvalue weighted by atomic mass is 10.1. The normalized spacial score (nSPS) is 11.9. The minimum Gasteiger partial charge on any atom is -0.482 e. The largest absolute Gasteiger partial charge is 0.482 e. The number of carbonyl (C=O) groups excluding carboxylic acids is 2. The van der Waals surface area contributed by atoms with Gasteiger partial charge in [0.15, 0.2) is 6.10 Å². The van der Waals surface area contributed by atoms with E-state index in [0.29, 0.717) is 22.5 Å². The van der Waals surface area contributed by atoms with Crippen LogP contribution in [0.5, 0.6) is 5.75 Å². The molecule has 0 saturated heterocycles. The Kier molecular flexibility index (Phi) is 5.39. The van der Waals surface area contributed by atoms with Gasteiger partial charge in [0.2, 0.25) is 5.78 Å². The summed E-state index contributed by atoms with van der Waals surface area (Å²) < 4.78 is 23.7. The van der Waals surface area contributed by atoms with Crippen LogP contribution < -0.4 is 4.74 Å². The number of aromatic nitrogens is 1. The fourth-order valence-electron chi connectivity index (χ4n) is 2.51. The summed E-state index contributed by atoms with van der Waals surface area (Å²) in [4.78, 5) is 27.5. The van der Waals surface area contributed by atoms with Gasteiger partial charge in [-0.05, 0) is 45.4 Å². The topological polar surface area (TPSA) is 68.4 Å². The van der Waals surface area contributed by atoms with Crippen molar-refractivity contribution in [2.45, 2.75) is 33.8 Å². The number of rotatable bonds is 6. The van der Waals surface area contributed by atoms with Crippen molar-refractivity contribution < 1.29 is 23.5 Å². The molecule has 2 aromatic rings. The van der Waals surface area contributed by atoms with Crippen LogP contribution >= 0.6 is 0 Å². The number of hydrogen-bond donors (Lipinski definition) is 1. The Bertz CT molecular complexity index is 766. The number of Topliss-reactive ketones (excluding diaryl/α,β-unsaturated/α-hetero) is 1. The predicted octanol–water partition coefficient (Wildman–Crippen LogP) is 3.60. The molecule has 0 aliphatic rings. The SMILES string of the molecule is CCOC(=O)c1c(C)[nH]c(C(=O)[C@H](C)Oc2cccc(F)c2)c1C. The Morgan fingerprint density at radius 1 is 1.29 bits per heavy atom. The van der Waals surface area contributed by atoms with E-state index in [1.54, 1.807) is 33.8 Å². The van der Waals surface area contributed by atoms with Crippen molar-refractivity contribution in [2.24, 2.45) is 0 Å². The highest BCUT2D eigenvalue weighted by molar-refractivity contribution is 6.03. The second kappa shape index (κ2) is 7.29. The average molecular weight is 333 g/mol. The number of aryl methyl sites for hydroxylation is 1. The number of aromatic amines is 1. The highest BCUT2D eigenvalue weighted by Crippen LogP contribution is 2.22. The lowest BCUT2D eigenvalue weighted by Gasteiger charge is -2.13. The van der Waals surface area contributed by atoms with Crippen LogP contribution in [0.2, 0.25) is 0 Å². The number of H-pyrrole nitrogens is 1. The first-order chi connectivity index (χ1) is 11.3. The molecule has 0 unspecified atom stereocenters. The van der Waals surface area contributed by atoms with Crippen LogP contribution in [-0.4, -0.2) is 29.4 Å². The van der Waals surface area contributed by atoms with E-state index in [-0.39, 0.29) is 18.1 Å². The average Bonchev–Trinajstić information content (AvgIpc) is 2.81. The molecule has 0 fully saturated rings. The molecule has 0 bridgehead atoms. The van der Waals surface area contributed by atoms with Crippen LogP contribution in [0.3, 0.4) is 0 Å². The first kappa shape index (κ1) is 17.7. The van der Waals surface area contributed by atoms with Gasteiger partial charge in [-0.25, -0.2) is 9.18 Å². The third kappa shape index (κ3) is 3.64. The molecular weight excluding hydrogens is 313 g/mol. The number of benzene rings is 1. The molecule has 2 rings (SSSR count). The second-order valence-electron chi connectivity index (χ2n) is 5.43. The number of carbonyl (C=O) groups is 2. The Balaban J connectivity index is 2.23. The zero-order valence-corrected chi connectivity index (χ0v) is 14.1. The summed E-state index contributed by atoms with van der Waals surface area (Å²) in [6.45, 7) is 6.93. The monoisotopic (exact) mass is 333 g/mol. The molecule has 0 aliphatic carbocycles. The highest BCUT2D eigenvalue weighted by Gasteiger charge is 2.26. The maximum Gasteiger partial charge on any atom is 0.340 e. The van der Waals surface area contributed by atoms with Crippen LogP contribution in [0.15, 0.2) is 24.3 Å². The number of ketones is 1. The third-order valence-corrected chi connectivity index (χ3v) is 3.64. The van der Waals surface area contributed by atoms with Crippen LogP contribution in [0.4, 0.5) is 4.39 Å². The van der Waals surface area contributed by atoms with Crippen molar-refractivity contribution in [3.8, 4) is 5.75 Å². The molecule has 0 spiro atoms. The molecule has 1 aromatic heterocycles. The van der Waals surface area contributed by atoms with Gasteiger partial charge in [-0.15, -0.1) is 0 Å². The van der Waals surface area contributed by atoms with Crippen molar-refractivity contribution in [1.82, 2.24) is 4.98 Å². The van der Waals surface area contributed by atoms with E-state index < -0.39 is 17.9 Å². The Morgan fingerprint density at radius 3 is 2.62 bits per heavy atom. The van der Waals surface area contributed by atoms with E-state index >= 15 is 0 Å². The van der Waals surface area contributed by atoms with Crippen molar-refractivity contribution in [3.63, 3.8) is 0 Å². The predicted molar refractivity (Wildman–Crippen MR) is 87.0 cm³/mol. The van der Waals surface area contributed by atoms with Gasteiger partial charge in [0.1, 0.15) is 11.6 Å². The van der Waals surface area contributed by atoms with Gasteiger partial charge in [-0.1, -0.05) is 6.07 Å². The molecule has 0 saturated carbocycles. The van der Waals surface area contributed by atoms with Gasteiger partial charge in [-0.3, -0.25) is 4.79 Å². The fraction of sp³-hybridized carbons (Fsp3) is 0.333. The molecule has 0 aliphatic heterocycles. The first-order valence-electron chi connectivity index (χ1n) is 7.67. The minimum absolute atomic E-state index is 0.255. The summed E-state index contributed by atoms with van der Waals surface area (Å²) in [6.07, 6.45) is -0.835. The van der Waals surface area contributed by atoms with E-state index in [1.165, 1.54) is 18.2 Å². The molecule has 1 heterocycles. The van der Waals surface area contributed by atoms with Crippen LogP contribution in [0.25, 0.3) is 0 Å². The molecule has 0 amide bonds. The number of halogens is 1. The summed E-state index contributed by atoms with van der Waals surface area (Å²) in [5.74, 6) is -0.969.